The molecule has 2 aromatic carbocycles. The zero-order chi connectivity index (χ0) is 50.6. The predicted octanol–water partition coefficient (Wildman–Crippen LogP) is 4.47. The Bertz CT molecular complexity index is 1960. The number of carbonyl (C=O) groups excluding carboxylic acids is 2. The topological polar surface area (TPSA) is 221 Å². The number of aliphatic hydroxyl groups excluding tert-OH is 3. The van der Waals surface area contributed by atoms with Crippen LogP contribution in [0.15, 0.2) is 42.5 Å². The maximum absolute atomic E-state index is 14.4. The lowest BCUT2D eigenvalue weighted by molar-refractivity contribution is -0.317. The highest BCUT2D eigenvalue weighted by Gasteiger charge is 2.53. The highest BCUT2D eigenvalue weighted by Crippen LogP contribution is 2.40. The van der Waals surface area contributed by atoms with Gasteiger partial charge in [-0.25, -0.2) is 4.79 Å². The third kappa shape index (κ3) is 13.2. The molecule has 0 saturated carbocycles. The lowest BCUT2D eigenvalue weighted by atomic mass is 9.77. The second-order valence-corrected chi connectivity index (χ2v) is 22.0. The normalized spacial score (nSPS) is 41.1. The summed E-state index contributed by atoms with van der Waals surface area (Å²) < 4.78 is 36.6. The molecule has 68 heavy (non-hydrogen) atoms. The van der Waals surface area contributed by atoms with Gasteiger partial charge in [0.2, 0.25) is 0 Å². The standard InChI is InChI=1S/C50H81IN4O13/c1-27-24-48(8,61)43(67-45-39(56)37(54(11)12)23-28(2)64-45)29(3)40(66-38-25-49(9,63-13)42(58)33(7)65-38)30(4)44(59)68-46(51)50(10,62)41(57)32(6)55(26-27)22-21-52-47(60)53-31(5)35-20-16-18-34-17-14-15-19-36(34)35/h14-20,27-33,37-43,45-46,56-58,61-62H,21-26H2,1-13H3,(H2,52,53,60)/t27-,28-,29+,30-,31?,32-,33+,37+,38+,39-,40+,41-,42+,43-,45+,46+,48-,49-,50+/m1/s1. The number of cyclic esters (lactones) is 1. The summed E-state index contributed by atoms with van der Waals surface area (Å²) in [4.78, 5) is 31.7. The summed E-state index contributed by atoms with van der Waals surface area (Å²) in [6, 6.07) is 12.2. The molecule has 0 radical (unpaired) electrons. The lowest BCUT2D eigenvalue weighted by Crippen LogP contribution is -2.60. The van der Waals surface area contributed by atoms with Gasteiger partial charge >= 0.3 is 12.0 Å². The van der Waals surface area contributed by atoms with E-state index in [2.05, 4.69) is 10.6 Å². The maximum Gasteiger partial charge on any atom is 0.315 e. The van der Waals surface area contributed by atoms with Gasteiger partial charge in [0, 0.05) is 51.2 Å². The number of methoxy groups -OCH3 is 1. The molecule has 3 saturated heterocycles. The van der Waals surface area contributed by atoms with Crippen molar-refractivity contribution in [2.45, 2.75) is 183 Å². The average molecular weight is 1070 g/mol. The third-order valence-electron chi connectivity index (χ3n) is 14.8. The zero-order valence-corrected chi connectivity index (χ0v) is 44.5. The molecule has 3 fully saturated rings. The molecule has 0 aliphatic carbocycles. The van der Waals surface area contributed by atoms with E-state index >= 15 is 0 Å². The number of fused-ring (bicyclic) bond motifs is 1. The number of benzene rings is 2. The number of nitrogens with zero attached hydrogens (tertiary/aromatic N) is 2. The monoisotopic (exact) mass is 1070 g/mol. The molecule has 386 valence electrons. The Labute approximate surface area is 417 Å². The molecule has 7 N–H and O–H groups in total. The molecule has 19 atom stereocenters. The van der Waals surface area contributed by atoms with Crippen LogP contribution in [0.2, 0.25) is 0 Å². The van der Waals surface area contributed by atoms with E-state index in [1.807, 2.05) is 110 Å². The third-order valence-corrected chi connectivity index (χ3v) is 16.3. The average Bonchev–Trinajstić information content (AvgIpc) is 3.27. The van der Waals surface area contributed by atoms with Crippen molar-refractivity contribution >= 4 is 45.4 Å². The van der Waals surface area contributed by atoms with Gasteiger partial charge in [0.25, 0.3) is 0 Å². The van der Waals surface area contributed by atoms with E-state index in [0.29, 0.717) is 6.42 Å². The molecule has 0 bridgehead atoms. The van der Waals surface area contributed by atoms with Crippen molar-refractivity contribution in [3.8, 4) is 0 Å². The molecular weight excluding hydrogens is 991 g/mol. The Morgan fingerprint density at radius 3 is 2.28 bits per heavy atom. The summed E-state index contributed by atoms with van der Waals surface area (Å²) >= 11 is 1.82. The Morgan fingerprint density at radius 2 is 1.62 bits per heavy atom. The van der Waals surface area contributed by atoms with Gasteiger partial charge in [0.05, 0.1) is 47.6 Å². The number of rotatable bonds is 11. The van der Waals surface area contributed by atoms with Gasteiger partial charge in [-0.3, -0.25) is 9.69 Å². The summed E-state index contributed by atoms with van der Waals surface area (Å²) in [7, 11) is 5.24. The van der Waals surface area contributed by atoms with Crippen molar-refractivity contribution in [1.29, 1.82) is 0 Å². The van der Waals surface area contributed by atoms with Crippen molar-refractivity contribution in [3.63, 3.8) is 0 Å². The van der Waals surface area contributed by atoms with Crippen LogP contribution in [0.3, 0.4) is 0 Å². The minimum Gasteiger partial charge on any atom is -0.448 e. The van der Waals surface area contributed by atoms with Crippen molar-refractivity contribution < 1.29 is 63.5 Å². The maximum atomic E-state index is 14.4. The van der Waals surface area contributed by atoms with Crippen molar-refractivity contribution in [2.75, 3.05) is 40.8 Å². The van der Waals surface area contributed by atoms with E-state index in [-0.39, 0.29) is 62.6 Å². The van der Waals surface area contributed by atoms with Crippen molar-refractivity contribution in [3.05, 3.63) is 48.0 Å². The number of alkyl halides is 1. The van der Waals surface area contributed by atoms with Crippen LogP contribution in [0, 0.1) is 17.8 Å². The fourth-order valence-electron chi connectivity index (χ4n) is 10.6. The van der Waals surface area contributed by atoms with Crippen LogP contribution < -0.4 is 10.6 Å². The van der Waals surface area contributed by atoms with Crippen molar-refractivity contribution in [2.24, 2.45) is 17.8 Å². The molecular formula is C50H81IN4O13. The van der Waals surface area contributed by atoms with Crippen LogP contribution in [0.5, 0.6) is 0 Å². The van der Waals surface area contributed by atoms with Gasteiger partial charge in [-0.1, -0.05) is 56.3 Å². The van der Waals surface area contributed by atoms with Crippen LogP contribution in [0.4, 0.5) is 4.79 Å². The second kappa shape index (κ2) is 23.5. The summed E-state index contributed by atoms with van der Waals surface area (Å²) in [5, 5.41) is 67.8. The number of esters is 1. The van der Waals surface area contributed by atoms with E-state index in [0.717, 1.165) is 16.3 Å². The molecule has 2 amide bonds. The van der Waals surface area contributed by atoms with Gasteiger partial charge < -0.3 is 69.5 Å². The van der Waals surface area contributed by atoms with Gasteiger partial charge in [-0.05, 0) is 127 Å². The Kier molecular flexibility index (Phi) is 19.6. The van der Waals surface area contributed by atoms with E-state index in [1.54, 1.807) is 41.5 Å². The van der Waals surface area contributed by atoms with Crippen LogP contribution in [0.25, 0.3) is 10.8 Å². The zero-order valence-electron chi connectivity index (χ0n) is 42.3. The number of amides is 2. The van der Waals surface area contributed by atoms with Gasteiger partial charge in [-0.15, -0.1) is 0 Å². The van der Waals surface area contributed by atoms with E-state index in [4.69, 9.17) is 28.4 Å². The first-order valence-electron chi connectivity index (χ1n) is 24.1. The van der Waals surface area contributed by atoms with Crippen LogP contribution in [-0.4, -0.2) is 176 Å². The number of ether oxygens (including phenoxy) is 6. The van der Waals surface area contributed by atoms with Crippen LogP contribution >= 0.6 is 22.6 Å². The lowest BCUT2D eigenvalue weighted by Gasteiger charge is -2.48. The first-order chi connectivity index (χ1) is 31.7. The molecule has 2 aromatic rings. The number of halogens is 1. The summed E-state index contributed by atoms with van der Waals surface area (Å²) in [5.41, 5.74) is -3.74. The van der Waals surface area contributed by atoms with Gasteiger partial charge in [0.1, 0.15) is 23.9 Å². The second-order valence-electron chi connectivity index (χ2n) is 20.8. The Hall–Kier alpha value is -2.31. The molecule has 3 aliphatic heterocycles. The fraction of sp³-hybridized carbons (Fsp3) is 0.760. The molecule has 0 aromatic heterocycles. The summed E-state index contributed by atoms with van der Waals surface area (Å²) in [6.45, 7) is 18.2. The SMILES string of the molecule is CO[C@]1(C)C[C@H](O[C@H]2[C@H](C)[C@@H](O[C@@H]3O[C@H](C)C[C@H](N(C)C)[C@H]3O)[C@](C)(O)C[C@@H](C)CN(CCNC(=O)NC(C)c3cccc4ccccc34)[C@H](C)[C@@H](O)[C@](C)(O)[C@@H](I)OC(=O)[C@@H]2C)O[C@@H](C)[C@@H]1O. The predicted molar refractivity (Wildman–Crippen MR) is 266 cm³/mol. The molecule has 1 unspecified atom stereocenters. The minimum atomic E-state index is -1.97. The Balaban J connectivity index is 1.47. The van der Waals surface area contributed by atoms with E-state index in [9.17, 15) is 35.1 Å². The molecule has 3 aliphatic rings. The fourth-order valence-corrected chi connectivity index (χ4v) is 11.2. The number of likely N-dealkylation sites (N-methyl/N-ethyl adjacent to an activating group) is 1. The molecule has 0 spiro atoms. The largest absolute Gasteiger partial charge is 0.448 e. The quantitative estimate of drug-likeness (QED) is 0.0939. The molecule has 17 nitrogen and oxygen atoms in total. The highest BCUT2D eigenvalue weighted by atomic mass is 127. The van der Waals surface area contributed by atoms with Gasteiger partial charge in [0.15, 0.2) is 16.7 Å². The first kappa shape index (κ1) is 56.6. The number of urea groups is 1. The van der Waals surface area contributed by atoms with Crippen LogP contribution in [-0.2, 0) is 33.2 Å². The number of aliphatic hydroxyl groups is 5. The summed E-state index contributed by atoms with van der Waals surface area (Å²) in [5.74, 6) is -2.99. The molecule has 5 rings (SSSR count). The Morgan fingerprint density at radius 1 is 0.956 bits per heavy atom. The molecule has 18 heteroatoms. The molecule has 3 heterocycles. The van der Waals surface area contributed by atoms with Gasteiger partial charge in [-0.2, -0.15) is 0 Å². The number of hydrogen-bond donors (Lipinski definition) is 7. The smallest absolute Gasteiger partial charge is 0.315 e. The first-order valence-corrected chi connectivity index (χ1v) is 25.4. The van der Waals surface area contributed by atoms with E-state index < -0.39 is 94.0 Å². The highest BCUT2D eigenvalue weighted by molar-refractivity contribution is 14.1. The number of carbonyl (C=O) groups is 2. The minimum absolute atomic E-state index is 0.0920. The number of hydrogen-bond acceptors (Lipinski definition) is 15. The number of nitrogens with one attached hydrogen (secondary N) is 2. The van der Waals surface area contributed by atoms with E-state index in [1.165, 1.54) is 14.0 Å². The van der Waals surface area contributed by atoms with Crippen molar-refractivity contribution in [1.82, 2.24) is 20.4 Å². The van der Waals surface area contributed by atoms with Crippen LogP contribution in [0.1, 0.15) is 100 Å². The summed E-state index contributed by atoms with van der Waals surface area (Å²) in [6.07, 6.45) is -8.22.